The van der Waals surface area contributed by atoms with E-state index in [9.17, 15) is 18.3 Å². The smallest absolute Gasteiger partial charge is 0.303 e. The topological polar surface area (TPSA) is 88.7 Å². The Morgan fingerprint density at radius 2 is 1.88 bits per heavy atom. The van der Waals surface area contributed by atoms with Crippen LogP contribution < -0.4 is 0 Å². The molecule has 0 radical (unpaired) electrons. The number of benzene rings is 2. The number of aliphatic imine (C=N–C) groups is 1. The van der Waals surface area contributed by atoms with E-state index in [1.807, 2.05) is 37.3 Å². The van der Waals surface area contributed by atoms with Crippen molar-refractivity contribution in [3.05, 3.63) is 88.6 Å². The Bertz CT molecular complexity index is 1400. The standard InChI is InChI=1S/C27H28N2O4S/c1-3-9-20(27(28-2)34(32,33)21-10-5-4-6-11-21)17-23-22-12-7-8-13-24(22)29-18-19(16-26(30)31)14-15-25(23)29/h3-13,19H,2,14-18H2,1H3,(H,30,31)/b9-3-,27-20-. The number of sulfone groups is 1. The molecule has 2 aromatic carbocycles. The molecule has 1 N–H and O–H groups in total. The van der Waals surface area contributed by atoms with Crippen LogP contribution >= 0.6 is 0 Å². The zero-order valence-electron chi connectivity index (χ0n) is 19.1. The number of hydrogen-bond donors (Lipinski definition) is 1. The molecule has 1 unspecified atom stereocenters. The van der Waals surface area contributed by atoms with Crippen molar-refractivity contribution < 1.29 is 18.3 Å². The van der Waals surface area contributed by atoms with Crippen molar-refractivity contribution in [2.75, 3.05) is 0 Å². The van der Waals surface area contributed by atoms with Crippen LogP contribution in [-0.4, -0.2) is 30.8 Å². The molecule has 3 aromatic rings. The molecule has 0 fully saturated rings. The van der Waals surface area contributed by atoms with Gasteiger partial charge in [0, 0.05) is 36.0 Å². The predicted molar refractivity (Wildman–Crippen MR) is 135 cm³/mol. The first-order valence-corrected chi connectivity index (χ1v) is 12.8. The molecule has 34 heavy (non-hydrogen) atoms. The Hall–Kier alpha value is -3.45. The maximum atomic E-state index is 13.4. The fourth-order valence-corrected chi connectivity index (χ4v) is 6.29. The Labute approximate surface area is 199 Å². The zero-order chi connectivity index (χ0) is 24.3. The third-order valence-corrected chi connectivity index (χ3v) is 8.14. The van der Waals surface area contributed by atoms with Gasteiger partial charge in [0.15, 0.2) is 5.03 Å². The number of allylic oxidation sites excluding steroid dienone is 3. The average Bonchev–Trinajstić information content (AvgIpc) is 3.13. The van der Waals surface area contributed by atoms with Crippen molar-refractivity contribution in [2.45, 2.75) is 44.0 Å². The molecule has 1 aliphatic rings. The summed E-state index contributed by atoms with van der Waals surface area (Å²) in [5.74, 6) is -0.709. The molecule has 4 rings (SSSR count). The number of fused-ring (bicyclic) bond motifs is 3. The fraction of sp³-hybridized carbons (Fsp3) is 0.259. The van der Waals surface area contributed by atoms with Crippen molar-refractivity contribution in [3.63, 3.8) is 0 Å². The molecule has 2 heterocycles. The summed E-state index contributed by atoms with van der Waals surface area (Å²) in [4.78, 5) is 15.5. The number of aromatic nitrogens is 1. The molecule has 176 valence electrons. The van der Waals surface area contributed by atoms with E-state index in [1.54, 1.807) is 36.4 Å². The predicted octanol–water partition coefficient (Wildman–Crippen LogP) is 5.18. The summed E-state index contributed by atoms with van der Waals surface area (Å²) in [7, 11) is -3.85. The normalized spacial score (nSPS) is 16.9. The summed E-state index contributed by atoms with van der Waals surface area (Å²) in [6.45, 7) is 6.08. The summed E-state index contributed by atoms with van der Waals surface area (Å²) in [5, 5.41) is 10.3. The van der Waals surface area contributed by atoms with Gasteiger partial charge in [-0.05, 0) is 61.7 Å². The Morgan fingerprint density at radius 1 is 1.18 bits per heavy atom. The SMILES string of the molecule is C=N/C(=C(\C=C/C)Cc1c2n(c3ccccc13)CC(CC(=O)O)CC2)S(=O)(=O)c1ccccc1. The van der Waals surface area contributed by atoms with Crippen LogP contribution in [0.5, 0.6) is 0 Å². The maximum absolute atomic E-state index is 13.4. The van der Waals surface area contributed by atoms with Crippen molar-refractivity contribution in [1.29, 1.82) is 0 Å². The summed E-state index contributed by atoms with van der Waals surface area (Å²) in [6.07, 6.45) is 5.66. The first kappa shape index (κ1) is 23.7. The second-order valence-electron chi connectivity index (χ2n) is 8.54. The minimum absolute atomic E-state index is 0.0413. The lowest BCUT2D eigenvalue weighted by Gasteiger charge is -2.25. The third kappa shape index (κ3) is 4.48. The average molecular weight is 477 g/mol. The Kier molecular flexibility index (Phi) is 6.84. The summed E-state index contributed by atoms with van der Waals surface area (Å²) in [6, 6.07) is 16.3. The molecule has 7 heteroatoms. The van der Waals surface area contributed by atoms with E-state index in [-0.39, 0.29) is 22.3 Å². The molecular formula is C27H28N2O4S. The summed E-state index contributed by atoms with van der Waals surface area (Å²) in [5.41, 5.74) is 3.81. The molecule has 0 saturated heterocycles. The molecule has 0 amide bonds. The lowest BCUT2D eigenvalue weighted by molar-refractivity contribution is -0.138. The van der Waals surface area contributed by atoms with Crippen LogP contribution in [0.1, 0.15) is 31.0 Å². The first-order chi connectivity index (χ1) is 16.4. The van der Waals surface area contributed by atoms with Crippen LogP contribution in [0.3, 0.4) is 0 Å². The van der Waals surface area contributed by atoms with E-state index >= 15 is 0 Å². The van der Waals surface area contributed by atoms with Gasteiger partial charge >= 0.3 is 5.97 Å². The van der Waals surface area contributed by atoms with Crippen molar-refractivity contribution >= 4 is 33.4 Å². The van der Waals surface area contributed by atoms with Crippen LogP contribution in [0.2, 0.25) is 0 Å². The minimum Gasteiger partial charge on any atom is -0.481 e. The largest absolute Gasteiger partial charge is 0.481 e. The molecule has 1 atom stereocenters. The number of nitrogens with zero attached hydrogens (tertiary/aromatic N) is 2. The number of aliphatic carboxylic acids is 1. The number of hydrogen-bond acceptors (Lipinski definition) is 4. The van der Waals surface area contributed by atoms with Crippen LogP contribution in [0.25, 0.3) is 10.9 Å². The van der Waals surface area contributed by atoms with Crippen LogP contribution in [0, 0.1) is 5.92 Å². The first-order valence-electron chi connectivity index (χ1n) is 11.3. The van der Waals surface area contributed by atoms with Gasteiger partial charge in [0.25, 0.3) is 0 Å². The fourth-order valence-electron chi connectivity index (χ4n) is 4.89. The lowest BCUT2D eigenvalue weighted by atomic mass is 9.92. The highest BCUT2D eigenvalue weighted by Gasteiger charge is 2.28. The summed E-state index contributed by atoms with van der Waals surface area (Å²) >= 11 is 0. The number of para-hydroxylation sites is 1. The Morgan fingerprint density at radius 3 is 2.56 bits per heavy atom. The molecule has 6 nitrogen and oxygen atoms in total. The van der Waals surface area contributed by atoms with Crippen LogP contribution in [0.15, 0.2) is 87.2 Å². The van der Waals surface area contributed by atoms with Gasteiger partial charge in [-0.25, -0.2) is 8.42 Å². The number of carbonyl (C=O) groups is 1. The molecule has 1 aliphatic heterocycles. The van der Waals surface area contributed by atoms with Gasteiger partial charge in [0.2, 0.25) is 9.84 Å². The lowest BCUT2D eigenvalue weighted by Crippen LogP contribution is -2.22. The molecule has 0 aliphatic carbocycles. The third-order valence-electron chi connectivity index (χ3n) is 6.35. The molecule has 1 aromatic heterocycles. The second kappa shape index (κ2) is 9.81. The Balaban J connectivity index is 1.85. The monoisotopic (exact) mass is 476 g/mol. The van der Waals surface area contributed by atoms with Gasteiger partial charge in [-0.1, -0.05) is 48.6 Å². The maximum Gasteiger partial charge on any atom is 0.303 e. The molecule has 0 spiro atoms. The number of carboxylic acids is 1. The second-order valence-corrected chi connectivity index (χ2v) is 10.4. The number of rotatable bonds is 8. The zero-order valence-corrected chi connectivity index (χ0v) is 20.0. The van der Waals surface area contributed by atoms with Crippen LogP contribution in [0.4, 0.5) is 0 Å². The minimum atomic E-state index is -3.85. The molecular weight excluding hydrogens is 448 g/mol. The van der Waals surface area contributed by atoms with Gasteiger partial charge in [-0.2, -0.15) is 0 Å². The highest BCUT2D eigenvalue weighted by Crippen LogP contribution is 2.36. The van der Waals surface area contributed by atoms with E-state index in [0.717, 1.165) is 35.0 Å². The van der Waals surface area contributed by atoms with Gasteiger partial charge in [-0.15, -0.1) is 0 Å². The van der Waals surface area contributed by atoms with Crippen molar-refractivity contribution in [2.24, 2.45) is 10.9 Å². The van der Waals surface area contributed by atoms with E-state index in [0.29, 0.717) is 18.5 Å². The summed E-state index contributed by atoms with van der Waals surface area (Å²) < 4.78 is 29.0. The van der Waals surface area contributed by atoms with Crippen molar-refractivity contribution in [1.82, 2.24) is 4.57 Å². The molecule has 0 saturated carbocycles. The van der Waals surface area contributed by atoms with E-state index in [2.05, 4.69) is 16.3 Å². The number of carboxylic acid groups (broad SMARTS) is 1. The van der Waals surface area contributed by atoms with Crippen molar-refractivity contribution in [3.8, 4) is 0 Å². The van der Waals surface area contributed by atoms with E-state index in [1.165, 1.54) is 0 Å². The highest BCUT2D eigenvalue weighted by atomic mass is 32.2. The quantitative estimate of drug-likeness (QED) is 0.358. The van der Waals surface area contributed by atoms with E-state index in [4.69, 9.17) is 0 Å². The highest BCUT2D eigenvalue weighted by molar-refractivity contribution is 7.95. The molecule has 0 bridgehead atoms. The van der Waals surface area contributed by atoms with Crippen LogP contribution in [-0.2, 0) is 34.0 Å². The van der Waals surface area contributed by atoms with Gasteiger partial charge < -0.3 is 9.67 Å². The van der Waals surface area contributed by atoms with Gasteiger partial charge in [0.05, 0.1) is 4.90 Å². The van der Waals surface area contributed by atoms with Gasteiger partial charge in [0.1, 0.15) is 0 Å². The van der Waals surface area contributed by atoms with Gasteiger partial charge in [-0.3, -0.25) is 9.79 Å². The van der Waals surface area contributed by atoms with E-state index < -0.39 is 15.8 Å².